The number of hydrogen-bond acceptors (Lipinski definition) is 2. The fourth-order valence-corrected chi connectivity index (χ4v) is 1.52. The average Bonchev–Trinajstić information content (AvgIpc) is 2.34. The van der Waals surface area contributed by atoms with Crippen molar-refractivity contribution in [2.45, 2.75) is 0 Å². The summed E-state index contributed by atoms with van der Waals surface area (Å²) in [6.07, 6.45) is 1.29. The summed E-state index contributed by atoms with van der Waals surface area (Å²) in [4.78, 5) is 14.9. The maximum atomic E-state index is 13.6. The van der Waals surface area contributed by atoms with Gasteiger partial charge in [0.15, 0.2) is 11.6 Å². The third-order valence-electron chi connectivity index (χ3n) is 2.34. The van der Waals surface area contributed by atoms with Gasteiger partial charge in [0.2, 0.25) is 0 Å². The Morgan fingerprint density at radius 3 is 2.44 bits per heavy atom. The normalized spacial score (nSPS) is 10.4. The van der Waals surface area contributed by atoms with Crippen LogP contribution >= 0.6 is 0 Å². The van der Waals surface area contributed by atoms with Crippen LogP contribution in [0.2, 0.25) is 0 Å². The van der Waals surface area contributed by atoms with Crippen LogP contribution in [-0.4, -0.2) is 10.9 Å². The second-order valence-electron chi connectivity index (χ2n) is 3.51. The Balaban J connectivity index is 2.69. The van der Waals surface area contributed by atoms with Gasteiger partial charge in [-0.1, -0.05) is 0 Å². The second-order valence-corrected chi connectivity index (χ2v) is 3.51. The fourth-order valence-electron chi connectivity index (χ4n) is 1.52. The van der Waals surface area contributed by atoms with Crippen LogP contribution in [-0.2, 0) is 0 Å². The molecule has 0 fully saturated rings. The molecule has 1 amide bonds. The van der Waals surface area contributed by atoms with Crippen LogP contribution in [0.15, 0.2) is 30.5 Å². The van der Waals surface area contributed by atoms with Crippen LogP contribution in [0.3, 0.4) is 0 Å². The lowest BCUT2D eigenvalue weighted by Crippen LogP contribution is -2.13. The molecule has 3 nitrogen and oxygen atoms in total. The minimum absolute atomic E-state index is 0.0672. The molecule has 0 saturated carbocycles. The smallest absolute Gasteiger partial charge is 0.250 e. The molecule has 92 valence electrons. The van der Waals surface area contributed by atoms with Crippen LogP contribution in [0.4, 0.5) is 13.2 Å². The largest absolute Gasteiger partial charge is 0.366 e. The van der Waals surface area contributed by atoms with Crippen molar-refractivity contribution < 1.29 is 18.0 Å². The van der Waals surface area contributed by atoms with Gasteiger partial charge in [-0.2, -0.15) is 0 Å². The molecule has 0 spiro atoms. The Bertz CT molecular complexity index is 629. The zero-order valence-electron chi connectivity index (χ0n) is 8.95. The van der Waals surface area contributed by atoms with Crippen molar-refractivity contribution >= 4 is 5.91 Å². The van der Waals surface area contributed by atoms with Gasteiger partial charge in [0.1, 0.15) is 5.82 Å². The number of aromatic nitrogens is 1. The Morgan fingerprint density at radius 2 is 1.78 bits per heavy atom. The number of primary amides is 1. The molecule has 6 heteroatoms. The molecule has 1 heterocycles. The number of nitrogens with zero attached hydrogens (tertiary/aromatic N) is 1. The van der Waals surface area contributed by atoms with Gasteiger partial charge in [-0.15, -0.1) is 0 Å². The molecule has 0 bridgehead atoms. The van der Waals surface area contributed by atoms with E-state index in [4.69, 9.17) is 5.73 Å². The van der Waals surface area contributed by atoms with E-state index in [1.807, 2.05) is 0 Å². The first-order valence-electron chi connectivity index (χ1n) is 4.90. The van der Waals surface area contributed by atoms with Crippen molar-refractivity contribution in [2.75, 3.05) is 0 Å². The maximum absolute atomic E-state index is 13.6. The molecule has 0 atom stereocenters. The number of amides is 1. The van der Waals surface area contributed by atoms with Crippen LogP contribution in [0.5, 0.6) is 0 Å². The first-order chi connectivity index (χ1) is 8.50. The summed E-state index contributed by atoms with van der Waals surface area (Å²) in [6.45, 7) is 0. The highest BCUT2D eigenvalue weighted by Crippen LogP contribution is 2.26. The molecule has 2 rings (SSSR count). The average molecular weight is 252 g/mol. The highest BCUT2D eigenvalue weighted by Gasteiger charge is 2.17. The lowest BCUT2D eigenvalue weighted by atomic mass is 10.0. The maximum Gasteiger partial charge on any atom is 0.250 e. The van der Waals surface area contributed by atoms with Gasteiger partial charge in [-0.25, -0.2) is 13.2 Å². The van der Waals surface area contributed by atoms with Crippen molar-refractivity contribution in [2.24, 2.45) is 5.73 Å². The van der Waals surface area contributed by atoms with E-state index in [1.165, 1.54) is 18.3 Å². The second kappa shape index (κ2) is 4.48. The molecule has 0 aliphatic heterocycles. The number of benzene rings is 1. The van der Waals surface area contributed by atoms with Crippen molar-refractivity contribution in [3.8, 4) is 11.3 Å². The number of halogens is 3. The van der Waals surface area contributed by atoms with E-state index < -0.39 is 23.4 Å². The standard InChI is InChI=1S/C12H7F3N2O/c13-8-5-10(15)9(14)4-7(8)11-6(12(16)18)2-1-3-17-11/h1-5H,(H2,16,18). The molecule has 18 heavy (non-hydrogen) atoms. The summed E-state index contributed by atoms with van der Waals surface area (Å²) in [6, 6.07) is 3.79. The summed E-state index contributed by atoms with van der Waals surface area (Å²) in [5.74, 6) is -4.39. The lowest BCUT2D eigenvalue weighted by molar-refractivity contribution is 0.100. The molecule has 0 radical (unpaired) electrons. The zero-order chi connectivity index (χ0) is 13.3. The van der Waals surface area contributed by atoms with Gasteiger partial charge >= 0.3 is 0 Å². The monoisotopic (exact) mass is 252 g/mol. The summed E-state index contributed by atoms with van der Waals surface area (Å²) in [5, 5.41) is 0. The minimum Gasteiger partial charge on any atom is -0.366 e. The van der Waals surface area contributed by atoms with Crippen LogP contribution in [0, 0.1) is 17.5 Å². The zero-order valence-corrected chi connectivity index (χ0v) is 8.95. The van der Waals surface area contributed by atoms with Gasteiger partial charge < -0.3 is 5.73 Å². The summed E-state index contributed by atoms with van der Waals surface area (Å²) < 4.78 is 39.5. The molecule has 2 aromatic rings. The van der Waals surface area contributed by atoms with Gasteiger partial charge in [0.25, 0.3) is 5.91 Å². The van der Waals surface area contributed by atoms with E-state index in [0.717, 1.165) is 0 Å². The van der Waals surface area contributed by atoms with E-state index in [0.29, 0.717) is 12.1 Å². The molecule has 0 saturated heterocycles. The quantitative estimate of drug-likeness (QED) is 0.833. The topological polar surface area (TPSA) is 56.0 Å². The third kappa shape index (κ3) is 2.04. The summed E-state index contributed by atoms with van der Waals surface area (Å²) in [7, 11) is 0. The van der Waals surface area contributed by atoms with E-state index in [1.54, 1.807) is 0 Å². The Morgan fingerprint density at radius 1 is 1.11 bits per heavy atom. The van der Waals surface area contributed by atoms with Crippen molar-refractivity contribution in [1.82, 2.24) is 4.98 Å². The van der Waals surface area contributed by atoms with E-state index in [9.17, 15) is 18.0 Å². The minimum atomic E-state index is -1.31. The first kappa shape index (κ1) is 12.1. The Kier molecular flexibility index (Phi) is 3.01. The van der Waals surface area contributed by atoms with E-state index >= 15 is 0 Å². The fraction of sp³-hybridized carbons (Fsp3) is 0. The molecule has 2 N–H and O–H groups in total. The highest BCUT2D eigenvalue weighted by atomic mass is 19.2. The summed E-state index contributed by atoms with van der Waals surface area (Å²) >= 11 is 0. The van der Waals surface area contributed by atoms with Crippen LogP contribution in [0.1, 0.15) is 10.4 Å². The number of pyridine rings is 1. The Labute approximate surface area is 100 Å². The Hall–Kier alpha value is -2.37. The van der Waals surface area contributed by atoms with Gasteiger partial charge in [0, 0.05) is 17.8 Å². The van der Waals surface area contributed by atoms with Gasteiger partial charge in [-0.3, -0.25) is 9.78 Å². The predicted molar refractivity (Wildman–Crippen MR) is 58.1 cm³/mol. The van der Waals surface area contributed by atoms with Gasteiger partial charge in [0.05, 0.1) is 11.3 Å². The molecular formula is C12H7F3N2O. The molecule has 0 aliphatic rings. The number of rotatable bonds is 2. The first-order valence-corrected chi connectivity index (χ1v) is 4.90. The number of nitrogens with two attached hydrogens (primary N) is 1. The molecular weight excluding hydrogens is 245 g/mol. The number of hydrogen-bond donors (Lipinski definition) is 1. The van der Waals surface area contributed by atoms with Crippen molar-refractivity contribution in [3.05, 3.63) is 53.5 Å². The van der Waals surface area contributed by atoms with Gasteiger partial charge in [-0.05, 0) is 18.2 Å². The number of carbonyl (C=O) groups excluding carboxylic acids is 1. The highest BCUT2D eigenvalue weighted by molar-refractivity contribution is 5.98. The third-order valence-corrected chi connectivity index (χ3v) is 2.34. The van der Waals surface area contributed by atoms with E-state index in [2.05, 4.69) is 4.98 Å². The number of carbonyl (C=O) groups is 1. The SMILES string of the molecule is NC(=O)c1cccnc1-c1cc(F)c(F)cc1F. The predicted octanol–water partition coefficient (Wildman–Crippen LogP) is 2.26. The van der Waals surface area contributed by atoms with Crippen LogP contribution < -0.4 is 5.73 Å². The molecule has 0 unspecified atom stereocenters. The van der Waals surface area contributed by atoms with Crippen molar-refractivity contribution in [1.29, 1.82) is 0 Å². The van der Waals surface area contributed by atoms with E-state index in [-0.39, 0.29) is 16.8 Å². The summed E-state index contributed by atoms with van der Waals surface area (Å²) in [5.41, 5.74) is 4.59. The van der Waals surface area contributed by atoms with Crippen LogP contribution in [0.25, 0.3) is 11.3 Å². The lowest BCUT2D eigenvalue weighted by Gasteiger charge is -2.07. The molecule has 1 aromatic carbocycles. The molecule has 0 aliphatic carbocycles. The van der Waals surface area contributed by atoms with Crippen molar-refractivity contribution in [3.63, 3.8) is 0 Å². The molecule has 1 aromatic heterocycles.